The minimum absolute atomic E-state index is 0.0480. The molecule has 4 N–H and O–H groups in total. The van der Waals surface area contributed by atoms with Gasteiger partial charge in [0.25, 0.3) is 5.91 Å². The zero-order chi connectivity index (χ0) is 22.2. The summed E-state index contributed by atoms with van der Waals surface area (Å²) < 4.78 is 0. The maximum atomic E-state index is 12.5. The van der Waals surface area contributed by atoms with Crippen LogP contribution in [0.25, 0.3) is 0 Å². The summed E-state index contributed by atoms with van der Waals surface area (Å²) in [7, 11) is 1.65. The van der Waals surface area contributed by atoms with Crippen molar-refractivity contribution in [3.8, 4) is 0 Å². The Morgan fingerprint density at radius 2 is 1.97 bits per heavy atom. The molecule has 0 bridgehead atoms. The van der Waals surface area contributed by atoms with E-state index in [4.69, 9.17) is 5.73 Å². The number of hydrogen-bond acceptors (Lipinski definition) is 4. The van der Waals surface area contributed by atoms with Gasteiger partial charge in [0, 0.05) is 37.0 Å². The third-order valence-electron chi connectivity index (χ3n) is 5.36. The zero-order valence-electron chi connectivity index (χ0n) is 17.7. The number of carbonyl (C=O) groups excluding carboxylic acids is 2. The van der Waals surface area contributed by atoms with Crippen LogP contribution in [0, 0.1) is 0 Å². The van der Waals surface area contributed by atoms with Crippen LogP contribution in [-0.2, 0) is 11.2 Å². The van der Waals surface area contributed by atoms with Crippen LogP contribution in [0.4, 0.5) is 0 Å². The van der Waals surface area contributed by atoms with Gasteiger partial charge < -0.3 is 16.4 Å². The summed E-state index contributed by atoms with van der Waals surface area (Å²) in [6.45, 7) is 3.68. The topological polar surface area (TPSA) is 96.6 Å². The Morgan fingerprint density at radius 1 is 1.23 bits per heavy atom. The number of carbonyl (C=O) groups is 2. The van der Waals surface area contributed by atoms with Crippen LogP contribution in [0.2, 0.25) is 0 Å². The molecule has 2 unspecified atom stereocenters. The maximum absolute atomic E-state index is 12.5. The third-order valence-corrected chi connectivity index (χ3v) is 5.36. The van der Waals surface area contributed by atoms with Crippen LogP contribution in [0.3, 0.4) is 0 Å². The fourth-order valence-corrected chi connectivity index (χ4v) is 3.68. The number of nitrogens with one attached hydrogen (secondary N) is 2. The minimum Gasteiger partial charge on any atom is -0.349 e. The number of allylic oxidation sites excluding steroid dienone is 2. The third kappa shape index (κ3) is 5.77. The predicted molar refractivity (Wildman–Crippen MR) is 124 cm³/mol. The van der Waals surface area contributed by atoms with Crippen molar-refractivity contribution in [1.82, 2.24) is 10.6 Å². The van der Waals surface area contributed by atoms with E-state index in [0.29, 0.717) is 11.3 Å². The molecule has 2 amide bonds. The standard InChI is InChI=1S/C25H28N4O2/c1-3-20(14-15-27-2)28-25(31)19-10-8-18(9-11-19)22(26)16-24(30)29-23-13-12-17-6-4-5-7-21(17)23/h3-11,14-15,22-23H,1,12-13,16,26H2,2H3,(H,28,31)(H,29,30)/b20-14+,27-15?. The summed E-state index contributed by atoms with van der Waals surface area (Å²) in [5.74, 6) is -0.331. The summed E-state index contributed by atoms with van der Waals surface area (Å²) in [6, 6.07) is 14.8. The first-order valence-corrected chi connectivity index (χ1v) is 10.3. The van der Waals surface area contributed by atoms with Crippen molar-refractivity contribution in [2.75, 3.05) is 7.05 Å². The second kappa shape index (κ2) is 10.5. The van der Waals surface area contributed by atoms with Crippen LogP contribution < -0.4 is 16.4 Å². The molecule has 6 heteroatoms. The molecule has 1 aliphatic carbocycles. The lowest BCUT2D eigenvalue weighted by molar-refractivity contribution is -0.122. The van der Waals surface area contributed by atoms with Crippen molar-refractivity contribution in [1.29, 1.82) is 0 Å². The van der Waals surface area contributed by atoms with Gasteiger partial charge in [0.05, 0.1) is 6.04 Å². The van der Waals surface area contributed by atoms with E-state index in [1.807, 2.05) is 12.1 Å². The number of nitrogens with zero attached hydrogens (tertiary/aromatic N) is 1. The summed E-state index contributed by atoms with van der Waals surface area (Å²) >= 11 is 0. The molecule has 2 atom stereocenters. The van der Waals surface area contributed by atoms with Gasteiger partial charge in [-0.1, -0.05) is 43.0 Å². The largest absolute Gasteiger partial charge is 0.349 e. The van der Waals surface area contributed by atoms with Gasteiger partial charge in [0.15, 0.2) is 0 Å². The van der Waals surface area contributed by atoms with Crippen LogP contribution >= 0.6 is 0 Å². The molecule has 160 valence electrons. The van der Waals surface area contributed by atoms with Gasteiger partial charge in [-0.3, -0.25) is 14.6 Å². The molecule has 3 rings (SSSR count). The highest BCUT2D eigenvalue weighted by Crippen LogP contribution is 2.31. The molecule has 1 aliphatic rings. The summed E-state index contributed by atoms with van der Waals surface area (Å²) in [5.41, 5.74) is 10.6. The predicted octanol–water partition coefficient (Wildman–Crippen LogP) is 3.38. The van der Waals surface area contributed by atoms with Gasteiger partial charge in [-0.15, -0.1) is 0 Å². The van der Waals surface area contributed by atoms with E-state index in [1.54, 1.807) is 49.7 Å². The van der Waals surface area contributed by atoms with Crippen molar-refractivity contribution in [3.05, 3.63) is 95.2 Å². The molecule has 6 nitrogen and oxygen atoms in total. The Kier molecular flexibility index (Phi) is 7.51. The Morgan fingerprint density at radius 3 is 2.68 bits per heavy atom. The molecule has 2 aromatic carbocycles. The van der Waals surface area contributed by atoms with E-state index in [1.165, 1.54) is 11.1 Å². The second-order valence-corrected chi connectivity index (χ2v) is 7.48. The van der Waals surface area contributed by atoms with Crippen LogP contribution in [0.5, 0.6) is 0 Å². The van der Waals surface area contributed by atoms with Gasteiger partial charge in [-0.05, 0) is 53.8 Å². The second-order valence-electron chi connectivity index (χ2n) is 7.48. The van der Waals surface area contributed by atoms with E-state index in [2.05, 4.69) is 34.3 Å². The molecule has 31 heavy (non-hydrogen) atoms. The highest BCUT2D eigenvalue weighted by molar-refractivity contribution is 5.96. The number of fused-ring (bicyclic) bond motifs is 1. The van der Waals surface area contributed by atoms with Crippen LogP contribution in [0.1, 0.15) is 52.0 Å². The first-order chi connectivity index (χ1) is 15.0. The molecule has 0 saturated carbocycles. The Balaban J connectivity index is 1.56. The van der Waals surface area contributed by atoms with Gasteiger partial charge in [-0.2, -0.15) is 0 Å². The van der Waals surface area contributed by atoms with Crippen molar-refractivity contribution in [2.24, 2.45) is 10.7 Å². The van der Waals surface area contributed by atoms with Crippen LogP contribution in [-0.4, -0.2) is 25.1 Å². The fraction of sp³-hybridized carbons (Fsp3) is 0.240. The molecule has 0 fully saturated rings. The monoisotopic (exact) mass is 416 g/mol. The van der Waals surface area contributed by atoms with Gasteiger partial charge in [0.2, 0.25) is 5.91 Å². The number of aliphatic imine (C=N–C) groups is 1. The number of amides is 2. The molecule has 2 aromatic rings. The molecule has 0 aliphatic heterocycles. The van der Waals surface area contributed by atoms with Crippen molar-refractivity contribution in [2.45, 2.75) is 31.3 Å². The average Bonchev–Trinajstić information content (AvgIpc) is 3.19. The lowest BCUT2D eigenvalue weighted by atomic mass is 10.0. The molecule has 0 aromatic heterocycles. The molecule has 0 spiro atoms. The lowest BCUT2D eigenvalue weighted by Gasteiger charge is -2.17. The van der Waals surface area contributed by atoms with E-state index < -0.39 is 6.04 Å². The Bertz CT molecular complexity index is 1010. The Hall–Kier alpha value is -3.51. The van der Waals surface area contributed by atoms with E-state index in [0.717, 1.165) is 18.4 Å². The van der Waals surface area contributed by atoms with Gasteiger partial charge in [-0.25, -0.2) is 0 Å². The lowest BCUT2D eigenvalue weighted by Crippen LogP contribution is -2.30. The van der Waals surface area contributed by atoms with Crippen molar-refractivity contribution < 1.29 is 9.59 Å². The summed E-state index contributed by atoms with van der Waals surface area (Å²) in [4.78, 5) is 28.8. The highest BCUT2D eigenvalue weighted by Gasteiger charge is 2.24. The van der Waals surface area contributed by atoms with E-state index in [-0.39, 0.29) is 24.3 Å². The molecule has 0 heterocycles. The van der Waals surface area contributed by atoms with Gasteiger partial charge in [0.1, 0.15) is 0 Å². The molecule has 0 saturated heterocycles. The number of aryl methyl sites for hydroxylation is 1. The number of rotatable bonds is 8. The number of benzene rings is 2. The summed E-state index contributed by atoms with van der Waals surface area (Å²) in [6.07, 6.45) is 6.86. The van der Waals surface area contributed by atoms with Gasteiger partial charge >= 0.3 is 0 Å². The molecular formula is C25H28N4O2. The SMILES string of the molecule is C=C/C(=C\C=NC)NC(=O)c1ccc(C(N)CC(=O)NC2CCc3ccccc32)cc1. The number of nitrogens with two attached hydrogens (primary N) is 1. The smallest absolute Gasteiger partial charge is 0.255 e. The first-order valence-electron chi connectivity index (χ1n) is 10.3. The fourth-order valence-electron chi connectivity index (χ4n) is 3.68. The van der Waals surface area contributed by atoms with Crippen molar-refractivity contribution in [3.63, 3.8) is 0 Å². The highest BCUT2D eigenvalue weighted by atomic mass is 16.2. The number of hydrogen-bond donors (Lipinski definition) is 3. The first kappa shape index (κ1) is 22.2. The normalized spacial score (nSPS) is 16.6. The summed E-state index contributed by atoms with van der Waals surface area (Å²) in [5, 5.41) is 5.87. The van der Waals surface area contributed by atoms with E-state index in [9.17, 15) is 9.59 Å². The minimum atomic E-state index is -0.446. The van der Waals surface area contributed by atoms with E-state index >= 15 is 0 Å². The maximum Gasteiger partial charge on any atom is 0.255 e. The average molecular weight is 417 g/mol. The Labute approximate surface area is 183 Å². The van der Waals surface area contributed by atoms with Crippen LogP contribution in [0.15, 0.2) is 78.0 Å². The molecule has 0 radical (unpaired) electrons. The quantitative estimate of drug-likeness (QED) is 0.455. The van der Waals surface area contributed by atoms with Crippen molar-refractivity contribution >= 4 is 18.0 Å². The zero-order valence-corrected chi connectivity index (χ0v) is 17.7. The molecular weight excluding hydrogens is 388 g/mol.